The highest BCUT2D eigenvalue weighted by Crippen LogP contribution is 2.12. The molecule has 0 atom stereocenters. The molecule has 108 valence electrons. The van der Waals surface area contributed by atoms with Crippen molar-refractivity contribution >= 4 is 23.5 Å². The molecule has 21 heavy (non-hydrogen) atoms. The fourth-order valence-electron chi connectivity index (χ4n) is 1.77. The minimum atomic E-state index is -0.0158. The highest BCUT2D eigenvalue weighted by atomic mass is 15.5. The summed E-state index contributed by atoms with van der Waals surface area (Å²) in [4.78, 5) is 6.12. The van der Waals surface area contributed by atoms with Crippen LogP contribution < -0.4 is 15.8 Å². The van der Waals surface area contributed by atoms with Gasteiger partial charge in [0.05, 0.1) is 5.69 Å². The van der Waals surface area contributed by atoms with Crippen LogP contribution in [0.5, 0.6) is 0 Å². The van der Waals surface area contributed by atoms with Gasteiger partial charge in [-0.3, -0.25) is 5.41 Å². The summed E-state index contributed by atoms with van der Waals surface area (Å²) in [6, 6.07) is 17.2. The van der Waals surface area contributed by atoms with E-state index in [1.807, 2.05) is 73.6 Å². The normalized spacial score (nSPS) is 10.6. The monoisotopic (exact) mass is 281 g/mol. The second kappa shape index (κ2) is 6.67. The minimum absolute atomic E-state index is 0.0158. The van der Waals surface area contributed by atoms with Gasteiger partial charge in [0.1, 0.15) is 0 Å². The first-order chi connectivity index (χ1) is 10.1. The summed E-state index contributed by atoms with van der Waals surface area (Å²) >= 11 is 0. The van der Waals surface area contributed by atoms with Gasteiger partial charge in [-0.05, 0) is 29.8 Å². The number of para-hydroxylation sites is 1. The summed E-state index contributed by atoms with van der Waals surface area (Å²) in [5.41, 5.74) is 2.77. The van der Waals surface area contributed by atoms with Crippen molar-refractivity contribution in [1.82, 2.24) is 0 Å². The van der Waals surface area contributed by atoms with Crippen LogP contribution in [0.4, 0.5) is 11.4 Å². The van der Waals surface area contributed by atoms with Crippen molar-refractivity contribution in [3.63, 3.8) is 0 Å². The summed E-state index contributed by atoms with van der Waals surface area (Å²) in [6.07, 6.45) is 1.63. The molecule has 0 unspecified atom stereocenters. The molecular weight excluding hydrogens is 262 g/mol. The molecule has 0 aromatic heterocycles. The molecule has 0 aliphatic heterocycles. The van der Waals surface area contributed by atoms with Crippen molar-refractivity contribution in [1.29, 1.82) is 5.41 Å². The molecule has 0 spiro atoms. The Morgan fingerprint density at radius 3 is 2.19 bits per heavy atom. The number of hydrazine groups is 1. The Bertz CT molecular complexity index is 617. The second-order valence-corrected chi connectivity index (χ2v) is 4.77. The molecule has 0 fully saturated rings. The summed E-state index contributed by atoms with van der Waals surface area (Å²) in [7, 11) is 3.98. The van der Waals surface area contributed by atoms with Crippen LogP contribution in [0.15, 0.2) is 59.6 Å². The van der Waals surface area contributed by atoms with Gasteiger partial charge in [-0.15, -0.1) is 0 Å². The lowest BCUT2D eigenvalue weighted by atomic mass is 10.2. The van der Waals surface area contributed by atoms with E-state index in [0.717, 1.165) is 16.9 Å². The molecule has 0 radical (unpaired) electrons. The van der Waals surface area contributed by atoms with Gasteiger partial charge in [0, 0.05) is 26.0 Å². The highest BCUT2D eigenvalue weighted by Gasteiger charge is 2.05. The number of anilines is 2. The SMILES string of the molecule is CN(C)c1ccc(C=NC(=N)N(N)c2ccccc2)cc1. The fraction of sp³-hybridized carbons (Fsp3) is 0.125. The van der Waals surface area contributed by atoms with Gasteiger partial charge < -0.3 is 4.90 Å². The van der Waals surface area contributed by atoms with Crippen LogP contribution in [0.1, 0.15) is 5.56 Å². The van der Waals surface area contributed by atoms with Gasteiger partial charge in [-0.1, -0.05) is 30.3 Å². The van der Waals surface area contributed by atoms with E-state index in [0.29, 0.717) is 0 Å². The molecule has 5 nitrogen and oxygen atoms in total. The lowest BCUT2D eigenvalue weighted by Crippen LogP contribution is -2.35. The number of hydrogen-bond donors (Lipinski definition) is 2. The van der Waals surface area contributed by atoms with E-state index in [1.165, 1.54) is 5.01 Å². The third kappa shape index (κ3) is 3.90. The van der Waals surface area contributed by atoms with E-state index in [1.54, 1.807) is 6.21 Å². The molecule has 0 saturated carbocycles. The highest BCUT2D eigenvalue weighted by molar-refractivity contribution is 6.00. The van der Waals surface area contributed by atoms with Crippen molar-refractivity contribution in [3.8, 4) is 0 Å². The minimum Gasteiger partial charge on any atom is -0.378 e. The van der Waals surface area contributed by atoms with Crippen molar-refractivity contribution in [2.75, 3.05) is 24.0 Å². The Balaban J connectivity index is 2.05. The average Bonchev–Trinajstić information content (AvgIpc) is 2.53. The molecule has 2 aromatic rings. The average molecular weight is 281 g/mol. The third-order valence-corrected chi connectivity index (χ3v) is 3.01. The van der Waals surface area contributed by atoms with E-state index < -0.39 is 0 Å². The Morgan fingerprint density at radius 1 is 1.00 bits per heavy atom. The van der Waals surface area contributed by atoms with Crippen LogP contribution >= 0.6 is 0 Å². The predicted molar refractivity (Wildman–Crippen MR) is 89.2 cm³/mol. The molecular formula is C16H19N5. The molecule has 2 rings (SSSR count). The van der Waals surface area contributed by atoms with Gasteiger partial charge in [-0.2, -0.15) is 0 Å². The molecule has 3 N–H and O–H groups in total. The molecule has 0 amide bonds. The first kappa shape index (κ1) is 14.7. The number of nitrogens with one attached hydrogen (secondary N) is 1. The standard InChI is InChI=1S/C16H19N5/c1-20(2)14-10-8-13(9-11-14)12-19-16(17)21(18)15-6-4-3-5-7-15/h3-12,17H,18H2,1-2H3. The molecule has 5 heteroatoms. The molecule has 0 heterocycles. The summed E-state index contributed by atoms with van der Waals surface area (Å²) in [5.74, 6) is 5.84. The first-order valence-electron chi connectivity index (χ1n) is 6.58. The zero-order valence-electron chi connectivity index (χ0n) is 12.2. The summed E-state index contributed by atoms with van der Waals surface area (Å²) in [6.45, 7) is 0. The first-order valence-corrected chi connectivity index (χ1v) is 6.58. The van der Waals surface area contributed by atoms with E-state index in [-0.39, 0.29) is 5.96 Å². The van der Waals surface area contributed by atoms with E-state index in [9.17, 15) is 0 Å². The molecule has 0 aliphatic rings. The Hall–Kier alpha value is -2.66. The zero-order chi connectivity index (χ0) is 15.2. The maximum absolute atomic E-state index is 7.89. The Labute approximate surface area is 124 Å². The van der Waals surface area contributed by atoms with Crippen molar-refractivity contribution < 1.29 is 0 Å². The van der Waals surface area contributed by atoms with Gasteiger partial charge in [0.25, 0.3) is 0 Å². The van der Waals surface area contributed by atoms with E-state index >= 15 is 0 Å². The molecule has 0 bridgehead atoms. The van der Waals surface area contributed by atoms with Gasteiger partial charge in [0.15, 0.2) is 0 Å². The number of rotatable bonds is 3. The largest absolute Gasteiger partial charge is 0.378 e. The topological polar surface area (TPSA) is 68.7 Å². The fourth-order valence-corrected chi connectivity index (χ4v) is 1.77. The number of hydrogen-bond acceptors (Lipinski definition) is 3. The van der Waals surface area contributed by atoms with Crippen LogP contribution in [0.2, 0.25) is 0 Å². The van der Waals surface area contributed by atoms with Gasteiger partial charge in [0.2, 0.25) is 5.96 Å². The smallest absolute Gasteiger partial charge is 0.237 e. The quantitative estimate of drug-likeness (QED) is 0.393. The zero-order valence-corrected chi connectivity index (χ0v) is 12.2. The third-order valence-electron chi connectivity index (χ3n) is 3.01. The van der Waals surface area contributed by atoms with Crippen LogP contribution in [0.3, 0.4) is 0 Å². The molecule has 0 saturated heterocycles. The number of benzene rings is 2. The van der Waals surface area contributed by atoms with Crippen LogP contribution in [-0.2, 0) is 0 Å². The maximum atomic E-state index is 7.89. The number of aliphatic imine (C=N–C) groups is 1. The van der Waals surface area contributed by atoms with Crippen LogP contribution in [0.25, 0.3) is 0 Å². The van der Waals surface area contributed by atoms with E-state index in [2.05, 4.69) is 4.99 Å². The second-order valence-electron chi connectivity index (χ2n) is 4.77. The Kier molecular flexibility index (Phi) is 4.68. The molecule has 2 aromatic carbocycles. The summed E-state index contributed by atoms with van der Waals surface area (Å²) in [5, 5.41) is 9.13. The van der Waals surface area contributed by atoms with Gasteiger partial charge >= 0.3 is 0 Å². The van der Waals surface area contributed by atoms with Crippen molar-refractivity contribution in [2.24, 2.45) is 10.8 Å². The predicted octanol–water partition coefficient (Wildman–Crippen LogP) is 2.49. The maximum Gasteiger partial charge on any atom is 0.237 e. The van der Waals surface area contributed by atoms with Crippen molar-refractivity contribution in [2.45, 2.75) is 0 Å². The van der Waals surface area contributed by atoms with E-state index in [4.69, 9.17) is 11.3 Å². The van der Waals surface area contributed by atoms with Crippen LogP contribution in [-0.4, -0.2) is 26.3 Å². The number of nitrogens with two attached hydrogens (primary N) is 1. The lowest BCUT2D eigenvalue weighted by Gasteiger charge is -2.15. The molecule has 0 aliphatic carbocycles. The van der Waals surface area contributed by atoms with Crippen molar-refractivity contribution in [3.05, 3.63) is 60.2 Å². The lowest BCUT2D eigenvalue weighted by molar-refractivity contribution is 1.09. The van der Waals surface area contributed by atoms with Crippen LogP contribution in [0, 0.1) is 5.41 Å². The number of guanidine groups is 1. The number of nitrogens with zero attached hydrogens (tertiary/aromatic N) is 3. The summed E-state index contributed by atoms with van der Waals surface area (Å²) < 4.78 is 0. The Morgan fingerprint density at radius 2 is 1.62 bits per heavy atom. The van der Waals surface area contributed by atoms with Gasteiger partial charge in [-0.25, -0.2) is 15.8 Å².